The van der Waals surface area contributed by atoms with E-state index in [0.717, 1.165) is 58.3 Å². The van der Waals surface area contributed by atoms with Crippen LogP contribution in [-0.4, -0.2) is 53.0 Å². The topological polar surface area (TPSA) is 40.6 Å². The highest BCUT2D eigenvalue weighted by molar-refractivity contribution is 8.01. The molecule has 3 heterocycles. The Bertz CT molecular complexity index is 637. The molecular formula is C21H28N2O2S. The first kappa shape index (κ1) is 17.9. The molecule has 0 spiro atoms. The van der Waals surface area contributed by atoms with Crippen molar-refractivity contribution in [3.63, 3.8) is 0 Å². The van der Waals surface area contributed by atoms with Gasteiger partial charge in [-0.05, 0) is 43.7 Å². The highest BCUT2D eigenvalue weighted by atomic mass is 32.2. The van der Waals surface area contributed by atoms with Crippen LogP contribution in [0.3, 0.4) is 0 Å². The SMILES string of the molecule is O=C(C1CCN(C(=O)C2Cc3ccccc3S2)CC1)N1CCCCCC1. The van der Waals surface area contributed by atoms with Gasteiger partial charge in [-0.25, -0.2) is 0 Å². The molecule has 2 fully saturated rings. The van der Waals surface area contributed by atoms with Crippen molar-refractivity contribution in [3.8, 4) is 0 Å². The zero-order valence-corrected chi connectivity index (χ0v) is 16.2. The first-order valence-electron chi connectivity index (χ1n) is 10.0. The summed E-state index contributed by atoms with van der Waals surface area (Å²) in [5, 5.41) is 0.0188. The lowest BCUT2D eigenvalue weighted by Crippen LogP contribution is -2.46. The average molecular weight is 373 g/mol. The number of benzene rings is 1. The molecule has 0 bridgehead atoms. The van der Waals surface area contributed by atoms with Gasteiger partial charge in [-0.2, -0.15) is 0 Å². The molecule has 0 N–H and O–H groups in total. The van der Waals surface area contributed by atoms with Gasteiger partial charge in [0, 0.05) is 37.0 Å². The van der Waals surface area contributed by atoms with Crippen LogP contribution in [0.15, 0.2) is 29.2 Å². The number of piperidine rings is 1. The monoisotopic (exact) mass is 372 g/mol. The van der Waals surface area contributed by atoms with Crippen LogP contribution in [0.5, 0.6) is 0 Å². The smallest absolute Gasteiger partial charge is 0.236 e. The maximum atomic E-state index is 12.9. The van der Waals surface area contributed by atoms with Gasteiger partial charge in [0.2, 0.25) is 11.8 Å². The molecular weight excluding hydrogens is 344 g/mol. The van der Waals surface area contributed by atoms with E-state index in [0.29, 0.717) is 5.91 Å². The summed E-state index contributed by atoms with van der Waals surface area (Å²) in [4.78, 5) is 31.0. The molecule has 2 saturated heterocycles. The van der Waals surface area contributed by atoms with E-state index in [9.17, 15) is 9.59 Å². The van der Waals surface area contributed by atoms with E-state index in [1.54, 1.807) is 11.8 Å². The summed E-state index contributed by atoms with van der Waals surface area (Å²) in [6.45, 7) is 3.32. The third-order valence-corrected chi connectivity index (χ3v) is 7.30. The second-order valence-electron chi connectivity index (χ2n) is 7.76. The molecule has 3 aliphatic rings. The quantitative estimate of drug-likeness (QED) is 0.799. The van der Waals surface area contributed by atoms with Crippen molar-refractivity contribution in [1.82, 2.24) is 9.80 Å². The van der Waals surface area contributed by atoms with E-state index in [2.05, 4.69) is 17.0 Å². The lowest BCUT2D eigenvalue weighted by molar-refractivity contribution is -0.140. The number of likely N-dealkylation sites (tertiary alicyclic amines) is 2. The summed E-state index contributed by atoms with van der Waals surface area (Å²) in [5.41, 5.74) is 1.29. The fourth-order valence-electron chi connectivity index (χ4n) is 4.42. The molecule has 0 saturated carbocycles. The number of fused-ring (bicyclic) bond motifs is 1. The Hall–Kier alpha value is -1.49. The molecule has 4 rings (SSSR count). The predicted molar refractivity (Wildman–Crippen MR) is 104 cm³/mol. The normalized spacial score (nSPS) is 24.2. The third kappa shape index (κ3) is 3.78. The van der Waals surface area contributed by atoms with Crippen LogP contribution in [0, 0.1) is 5.92 Å². The molecule has 4 nitrogen and oxygen atoms in total. The fourth-order valence-corrected chi connectivity index (χ4v) is 5.70. The van der Waals surface area contributed by atoms with Crippen LogP contribution >= 0.6 is 11.8 Å². The van der Waals surface area contributed by atoms with Crippen molar-refractivity contribution in [2.45, 2.75) is 55.1 Å². The Morgan fingerprint density at radius 2 is 1.50 bits per heavy atom. The molecule has 1 atom stereocenters. The van der Waals surface area contributed by atoms with Crippen LogP contribution in [0.1, 0.15) is 44.1 Å². The van der Waals surface area contributed by atoms with Gasteiger partial charge >= 0.3 is 0 Å². The zero-order valence-electron chi connectivity index (χ0n) is 15.4. The summed E-state index contributed by atoms with van der Waals surface area (Å²) >= 11 is 1.70. The molecule has 0 radical (unpaired) electrons. The number of hydrogen-bond acceptors (Lipinski definition) is 3. The molecule has 3 aliphatic heterocycles. The van der Waals surface area contributed by atoms with Gasteiger partial charge in [0.05, 0.1) is 5.25 Å². The molecule has 5 heteroatoms. The van der Waals surface area contributed by atoms with Crippen LogP contribution < -0.4 is 0 Å². The minimum atomic E-state index is 0.0188. The zero-order chi connectivity index (χ0) is 17.9. The molecule has 0 aromatic heterocycles. The van der Waals surface area contributed by atoms with Crippen LogP contribution in [0.2, 0.25) is 0 Å². The second-order valence-corrected chi connectivity index (χ2v) is 9.00. The van der Waals surface area contributed by atoms with E-state index in [1.807, 2.05) is 17.0 Å². The minimum absolute atomic E-state index is 0.0188. The van der Waals surface area contributed by atoms with E-state index in [-0.39, 0.29) is 17.1 Å². The number of amides is 2. The van der Waals surface area contributed by atoms with Crippen molar-refractivity contribution in [3.05, 3.63) is 29.8 Å². The molecule has 0 aliphatic carbocycles. The molecule has 1 aromatic carbocycles. The maximum Gasteiger partial charge on any atom is 0.236 e. The van der Waals surface area contributed by atoms with Gasteiger partial charge in [-0.1, -0.05) is 31.0 Å². The minimum Gasteiger partial charge on any atom is -0.342 e. The van der Waals surface area contributed by atoms with Crippen LogP contribution in [0.25, 0.3) is 0 Å². The number of carbonyl (C=O) groups is 2. The first-order valence-corrected chi connectivity index (χ1v) is 10.9. The highest BCUT2D eigenvalue weighted by Crippen LogP contribution is 2.38. The summed E-state index contributed by atoms with van der Waals surface area (Å²) < 4.78 is 0. The van der Waals surface area contributed by atoms with Gasteiger partial charge < -0.3 is 9.80 Å². The Morgan fingerprint density at radius 3 is 2.19 bits per heavy atom. The lowest BCUT2D eigenvalue weighted by atomic mass is 9.94. The predicted octanol–water partition coefficient (Wildman–Crippen LogP) is 3.34. The van der Waals surface area contributed by atoms with Gasteiger partial charge in [-0.3, -0.25) is 9.59 Å². The number of carbonyl (C=O) groups excluding carboxylic acids is 2. The van der Waals surface area contributed by atoms with Gasteiger partial charge in [0.15, 0.2) is 0 Å². The van der Waals surface area contributed by atoms with Gasteiger partial charge in [0.25, 0.3) is 0 Å². The van der Waals surface area contributed by atoms with E-state index >= 15 is 0 Å². The van der Waals surface area contributed by atoms with E-state index < -0.39 is 0 Å². The molecule has 140 valence electrons. The molecule has 26 heavy (non-hydrogen) atoms. The van der Waals surface area contributed by atoms with Crippen LogP contribution in [-0.2, 0) is 16.0 Å². The largest absolute Gasteiger partial charge is 0.342 e. The Morgan fingerprint density at radius 1 is 0.846 bits per heavy atom. The summed E-state index contributed by atoms with van der Waals surface area (Å²) in [7, 11) is 0. The van der Waals surface area contributed by atoms with Gasteiger partial charge in [0.1, 0.15) is 0 Å². The third-order valence-electron chi connectivity index (χ3n) is 6.00. The fraction of sp³-hybridized carbons (Fsp3) is 0.619. The number of nitrogens with zero attached hydrogens (tertiary/aromatic N) is 2. The van der Waals surface area contributed by atoms with Crippen molar-refractivity contribution in [2.24, 2.45) is 5.92 Å². The van der Waals surface area contributed by atoms with Gasteiger partial charge in [-0.15, -0.1) is 11.8 Å². The Balaban J connectivity index is 1.29. The van der Waals surface area contributed by atoms with Crippen molar-refractivity contribution >= 4 is 23.6 Å². The standard InChI is InChI=1S/C21H28N2O2S/c24-20(22-11-5-1-2-6-12-22)16-9-13-23(14-10-16)21(25)19-15-17-7-3-4-8-18(17)26-19/h3-4,7-8,16,19H,1-2,5-6,9-15H2. The lowest BCUT2D eigenvalue weighted by Gasteiger charge is -2.35. The second kappa shape index (κ2) is 8.03. The van der Waals surface area contributed by atoms with Crippen molar-refractivity contribution < 1.29 is 9.59 Å². The van der Waals surface area contributed by atoms with Crippen molar-refractivity contribution in [1.29, 1.82) is 0 Å². The highest BCUT2D eigenvalue weighted by Gasteiger charge is 2.35. The number of hydrogen-bond donors (Lipinski definition) is 0. The summed E-state index contributed by atoms with van der Waals surface area (Å²) in [6, 6.07) is 8.33. The van der Waals surface area contributed by atoms with E-state index in [4.69, 9.17) is 0 Å². The molecule has 2 amide bonds. The van der Waals surface area contributed by atoms with Crippen LogP contribution in [0.4, 0.5) is 0 Å². The van der Waals surface area contributed by atoms with E-state index in [1.165, 1.54) is 23.3 Å². The average Bonchev–Trinajstić information content (AvgIpc) is 2.93. The van der Waals surface area contributed by atoms with Crippen molar-refractivity contribution in [2.75, 3.05) is 26.2 Å². The Kier molecular flexibility index (Phi) is 5.53. The molecule has 1 unspecified atom stereocenters. The first-order chi connectivity index (χ1) is 12.7. The summed E-state index contributed by atoms with van der Waals surface area (Å²) in [5.74, 6) is 0.707. The maximum absolute atomic E-state index is 12.9. The number of rotatable bonds is 2. The number of thioether (sulfide) groups is 1. The molecule has 1 aromatic rings. The Labute approximate surface area is 160 Å². The summed E-state index contributed by atoms with van der Waals surface area (Å²) in [6.07, 6.45) is 7.27.